The van der Waals surface area contributed by atoms with Gasteiger partial charge >= 0.3 is 0 Å². The minimum Gasteiger partial charge on any atom is -0.330 e. The number of nitrogens with zero attached hydrogens (tertiary/aromatic N) is 1. The molecule has 21 heavy (non-hydrogen) atoms. The van der Waals surface area contributed by atoms with Gasteiger partial charge in [-0.15, -0.1) is 0 Å². The van der Waals surface area contributed by atoms with Crippen LogP contribution in [-0.2, 0) is 4.79 Å². The van der Waals surface area contributed by atoms with Crippen LogP contribution < -0.4 is 10.6 Å². The Morgan fingerprint density at radius 3 is 2.67 bits per heavy atom. The molecule has 2 N–H and O–H groups in total. The van der Waals surface area contributed by atoms with E-state index < -0.39 is 0 Å². The van der Waals surface area contributed by atoms with Gasteiger partial charge in [-0.25, -0.2) is 0 Å². The first-order valence-corrected chi connectivity index (χ1v) is 6.96. The van der Waals surface area contributed by atoms with E-state index in [4.69, 9.17) is 5.73 Å². The summed E-state index contributed by atoms with van der Waals surface area (Å²) in [4.78, 5) is 14.2. The third-order valence-corrected chi connectivity index (χ3v) is 3.49. The molecule has 0 bridgehead atoms. The smallest absolute Gasteiger partial charge is 0.228 e. The van der Waals surface area contributed by atoms with Crippen LogP contribution in [0.1, 0.15) is 12.0 Å². The molecule has 1 aromatic carbocycles. The van der Waals surface area contributed by atoms with Gasteiger partial charge in [0.25, 0.3) is 0 Å². The standard InChI is InChI=1S/C18H20N2O/c1-3-14-9-10-16-7-5-6-8-17(16)20(13-15(14)4-2)18(21)11-12-19/h3-10H,1-2,11-13,19H2/b10-9-,15-14-. The van der Waals surface area contributed by atoms with Crippen molar-refractivity contribution in [3.63, 3.8) is 0 Å². The van der Waals surface area contributed by atoms with Crippen molar-refractivity contribution < 1.29 is 4.79 Å². The fraction of sp³-hybridized carbons (Fsp3) is 0.167. The number of benzene rings is 1. The topological polar surface area (TPSA) is 46.3 Å². The van der Waals surface area contributed by atoms with E-state index >= 15 is 0 Å². The predicted octanol–water partition coefficient (Wildman–Crippen LogP) is 3.06. The zero-order valence-electron chi connectivity index (χ0n) is 12.1. The van der Waals surface area contributed by atoms with Gasteiger partial charge in [-0.2, -0.15) is 0 Å². The summed E-state index contributed by atoms with van der Waals surface area (Å²) in [5, 5.41) is 0. The number of carbonyl (C=O) groups excluding carboxylic acids is 1. The molecule has 0 unspecified atom stereocenters. The van der Waals surface area contributed by atoms with Gasteiger partial charge < -0.3 is 10.6 Å². The maximum atomic E-state index is 12.4. The predicted molar refractivity (Wildman–Crippen MR) is 88.9 cm³/mol. The van der Waals surface area contributed by atoms with Crippen molar-refractivity contribution in [2.24, 2.45) is 5.73 Å². The second kappa shape index (κ2) is 6.86. The molecule has 108 valence electrons. The molecule has 1 heterocycles. The molecular formula is C18H20N2O. The van der Waals surface area contributed by atoms with Crippen molar-refractivity contribution in [1.82, 2.24) is 0 Å². The average molecular weight is 280 g/mol. The molecule has 0 aromatic heterocycles. The van der Waals surface area contributed by atoms with Crippen LogP contribution >= 0.6 is 0 Å². The highest BCUT2D eigenvalue weighted by Crippen LogP contribution is 2.27. The zero-order valence-corrected chi connectivity index (χ0v) is 12.1. The van der Waals surface area contributed by atoms with Gasteiger partial charge in [0.2, 0.25) is 5.91 Å². The Balaban J connectivity index is 2.56. The number of nitrogens with two attached hydrogens (primary N) is 1. The number of allylic oxidation sites excluding steroid dienone is 3. The fourth-order valence-electron chi connectivity index (χ4n) is 2.37. The molecule has 1 aromatic rings. The third-order valence-electron chi connectivity index (χ3n) is 3.49. The number of rotatable bonds is 4. The lowest BCUT2D eigenvalue weighted by Crippen LogP contribution is -2.35. The zero-order chi connectivity index (χ0) is 15.2. The van der Waals surface area contributed by atoms with Gasteiger partial charge in [0.05, 0.1) is 12.2 Å². The Kier molecular flexibility index (Phi) is 4.90. The van der Waals surface area contributed by atoms with E-state index in [-0.39, 0.29) is 5.91 Å². The molecule has 0 fully saturated rings. The summed E-state index contributed by atoms with van der Waals surface area (Å²) < 4.78 is 0. The summed E-state index contributed by atoms with van der Waals surface area (Å²) in [6.45, 7) is 8.50. The molecule has 3 nitrogen and oxygen atoms in total. The Labute approximate surface area is 125 Å². The largest absolute Gasteiger partial charge is 0.330 e. The highest BCUT2D eigenvalue weighted by molar-refractivity contribution is 5.96. The van der Waals surface area contributed by atoms with E-state index in [1.54, 1.807) is 17.1 Å². The van der Waals surface area contributed by atoms with Crippen molar-refractivity contribution in [2.45, 2.75) is 6.42 Å². The Morgan fingerprint density at radius 1 is 1.24 bits per heavy atom. The highest BCUT2D eigenvalue weighted by atomic mass is 16.2. The van der Waals surface area contributed by atoms with E-state index in [1.165, 1.54) is 0 Å². The van der Waals surface area contributed by atoms with Gasteiger partial charge in [-0.1, -0.05) is 55.7 Å². The molecule has 0 atom stereocenters. The summed E-state index contributed by atoms with van der Waals surface area (Å²) in [7, 11) is 0. The maximum absolute atomic E-state index is 12.4. The van der Waals surface area contributed by atoms with E-state index in [9.17, 15) is 4.79 Å². The first-order valence-electron chi connectivity index (χ1n) is 6.96. The minimum atomic E-state index is 0.0167. The van der Waals surface area contributed by atoms with Crippen LogP contribution in [0.2, 0.25) is 0 Å². The molecule has 2 rings (SSSR count). The summed E-state index contributed by atoms with van der Waals surface area (Å²) >= 11 is 0. The van der Waals surface area contributed by atoms with Gasteiger partial charge in [0.1, 0.15) is 0 Å². The Bertz CT molecular complexity index is 626. The lowest BCUT2D eigenvalue weighted by molar-refractivity contribution is -0.118. The summed E-state index contributed by atoms with van der Waals surface area (Å²) in [6, 6.07) is 7.84. The average Bonchev–Trinajstić information content (AvgIpc) is 2.49. The van der Waals surface area contributed by atoms with Crippen LogP contribution in [0.25, 0.3) is 6.08 Å². The molecule has 0 spiro atoms. The molecule has 0 aliphatic carbocycles. The molecule has 1 amide bonds. The Morgan fingerprint density at radius 2 is 2.00 bits per heavy atom. The number of carbonyl (C=O) groups is 1. The molecule has 0 radical (unpaired) electrons. The van der Waals surface area contributed by atoms with Gasteiger partial charge in [0.15, 0.2) is 0 Å². The molecule has 3 heteroatoms. The third kappa shape index (κ3) is 3.20. The number of amides is 1. The minimum absolute atomic E-state index is 0.0167. The van der Waals surface area contributed by atoms with Crippen molar-refractivity contribution in [3.05, 3.63) is 72.4 Å². The fourth-order valence-corrected chi connectivity index (χ4v) is 2.37. The van der Waals surface area contributed by atoms with Crippen LogP contribution in [0.3, 0.4) is 0 Å². The van der Waals surface area contributed by atoms with Crippen molar-refractivity contribution in [2.75, 3.05) is 18.0 Å². The quantitative estimate of drug-likeness (QED) is 0.921. The van der Waals surface area contributed by atoms with Gasteiger partial charge in [-0.05, 0) is 22.8 Å². The SMILES string of the molecule is C=CC1=C(\C=C)CN(C(=O)CCN)c2ccccc2/C=C\1. The molecule has 1 aliphatic rings. The second-order valence-corrected chi connectivity index (χ2v) is 4.80. The number of para-hydroxylation sites is 1. The van der Waals surface area contributed by atoms with E-state index in [0.29, 0.717) is 19.5 Å². The van der Waals surface area contributed by atoms with Gasteiger partial charge in [-0.3, -0.25) is 4.79 Å². The molecule has 1 aliphatic heterocycles. The lowest BCUT2D eigenvalue weighted by atomic mass is 10.0. The number of hydrogen-bond donors (Lipinski definition) is 1. The lowest BCUT2D eigenvalue weighted by Gasteiger charge is -2.27. The molecule has 0 saturated carbocycles. The number of fused-ring (bicyclic) bond motifs is 1. The van der Waals surface area contributed by atoms with E-state index in [0.717, 1.165) is 22.4 Å². The normalized spacial score (nSPS) is 19.2. The van der Waals surface area contributed by atoms with Crippen LogP contribution in [0.5, 0.6) is 0 Å². The second-order valence-electron chi connectivity index (χ2n) is 4.80. The van der Waals surface area contributed by atoms with Crippen LogP contribution in [0.15, 0.2) is 66.8 Å². The van der Waals surface area contributed by atoms with Crippen LogP contribution in [0, 0.1) is 0 Å². The maximum Gasteiger partial charge on any atom is 0.228 e. The first-order chi connectivity index (χ1) is 10.2. The Hall–Kier alpha value is -2.39. The number of anilines is 1. The highest BCUT2D eigenvalue weighted by Gasteiger charge is 2.20. The van der Waals surface area contributed by atoms with Crippen molar-refractivity contribution in [1.29, 1.82) is 0 Å². The van der Waals surface area contributed by atoms with E-state index in [1.807, 2.05) is 36.4 Å². The van der Waals surface area contributed by atoms with Crippen molar-refractivity contribution >= 4 is 17.7 Å². The summed E-state index contributed by atoms with van der Waals surface area (Å²) in [5.74, 6) is 0.0167. The van der Waals surface area contributed by atoms with Crippen LogP contribution in [0.4, 0.5) is 5.69 Å². The van der Waals surface area contributed by atoms with E-state index in [2.05, 4.69) is 13.2 Å². The number of hydrogen-bond acceptors (Lipinski definition) is 2. The molecule has 0 saturated heterocycles. The monoisotopic (exact) mass is 280 g/mol. The van der Waals surface area contributed by atoms with Gasteiger partial charge in [0, 0.05) is 13.0 Å². The summed E-state index contributed by atoms with van der Waals surface area (Å²) in [6.07, 6.45) is 7.89. The first kappa shape index (κ1) is 15.0. The molecular weight excluding hydrogens is 260 g/mol. The summed E-state index contributed by atoms with van der Waals surface area (Å²) in [5.41, 5.74) is 9.39. The van der Waals surface area contributed by atoms with Crippen LogP contribution in [-0.4, -0.2) is 19.0 Å². The van der Waals surface area contributed by atoms with Crippen molar-refractivity contribution in [3.8, 4) is 0 Å².